The maximum absolute atomic E-state index is 12.8. The molecule has 1 saturated heterocycles. The van der Waals surface area contributed by atoms with Crippen molar-refractivity contribution < 1.29 is 15.0 Å². The molecule has 8 heteroatoms. The van der Waals surface area contributed by atoms with Crippen LogP contribution in [0.25, 0.3) is 22.3 Å². The summed E-state index contributed by atoms with van der Waals surface area (Å²) in [6, 6.07) is 17.1. The summed E-state index contributed by atoms with van der Waals surface area (Å²) in [6.45, 7) is 9.52. The van der Waals surface area contributed by atoms with Crippen LogP contribution in [-0.4, -0.2) is 50.3 Å². The van der Waals surface area contributed by atoms with Crippen molar-refractivity contribution >= 4 is 22.6 Å². The molecular formula is C31H35N5O3. The number of nitrogens with one attached hydrogen (secondary N) is 1. The predicted molar refractivity (Wildman–Crippen MR) is 152 cm³/mol. The first-order valence-corrected chi connectivity index (χ1v) is 13.4. The van der Waals surface area contributed by atoms with Crippen molar-refractivity contribution in [1.82, 2.24) is 20.3 Å². The third kappa shape index (κ3) is 5.77. The van der Waals surface area contributed by atoms with E-state index in [2.05, 4.69) is 29.0 Å². The predicted octanol–water partition coefficient (Wildman–Crippen LogP) is 4.44. The largest absolute Gasteiger partial charge is 0.392 e. The Hall–Kier alpha value is -3.88. The van der Waals surface area contributed by atoms with Gasteiger partial charge in [0.2, 0.25) is 0 Å². The summed E-state index contributed by atoms with van der Waals surface area (Å²) in [5.41, 5.74) is 5.18. The molecule has 0 aliphatic carbocycles. The van der Waals surface area contributed by atoms with Crippen molar-refractivity contribution in [3.8, 4) is 11.4 Å². The van der Waals surface area contributed by atoms with E-state index in [1.165, 1.54) is 0 Å². The van der Waals surface area contributed by atoms with Crippen molar-refractivity contribution in [1.29, 1.82) is 0 Å². The van der Waals surface area contributed by atoms with Crippen LogP contribution < -0.4 is 10.2 Å². The number of aryl methyl sites for hydroxylation is 1. The molecule has 4 aromatic rings. The van der Waals surface area contributed by atoms with Crippen LogP contribution in [0, 0.1) is 18.8 Å². The van der Waals surface area contributed by atoms with E-state index in [0.717, 1.165) is 52.3 Å². The molecule has 39 heavy (non-hydrogen) atoms. The zero-order valence-corrected chi connectivity index (χ0v) is 22.8. The fraction of sp³-hybridized carbons (Fsp3) is 0.355. The summed E-state index contributed by atoms with van der Waals surface area (Å²) in [4.78, 5) is 29.2. The van der Waals surface area contributed by atoms with Crippen LogP contribution >= 0.6 is 0 Å². The molecule has 1 aliphatic rings. The molecule has 4 atom stereocenters. The highest BCUT2D eigenvalue weighted by atomic mass is 16.3. The molecule has 1 fully saturated rings. The van der Waals surface area contributed by atoms with E-state index in [0.29, 0.717) is 11.3 Å². The molecule has 0 radical (unpaired) electrons. The molecular weight excluding hydrogens is 490 g/mol. The van der Waals surface area contributed by atoms with E-state index < -0.39 is 6.10 Å². The molecule has 0 spiro atoms. The highest BCUT2D eigenvalue weighted by Gasteiger charge is 2.31. The topological polar surface area (TPSA) is 111 Å². The van der Waals surface area contributed by atoms with E-state index >= 15 is 0 Å². The molecule has 8 nitrogen and oxygen atoms in total. The summed E-state index contributed by atoms with van der Waals surface area (Å²) < 4.78 is 0. The number of aromatic nitrogens is 3. The van der Waals surface area contributed by atoms with Crippen molar-refractivity contribution in [2.24, 2.45) is 11.8 Å². The van der Waals surface area contributed by atoms with Gasteiger partial charge < -0.3 is 20.4 Å². The highest BCUT2D eigenvalue weighted by Crippen LogP contribution is 2.28. The smallest absolute Gasteiger partial charge is 0.251 e. The van der Waals surface area contributed by atoms with Gasteiger partial charge in [-0.2, -0.15) is 0 Å². The first-order valence-electron chi connectivity index (χ1n) is 13.4. The standard InChI is InChI=1S/C31H35N5O3/c1-18-8-9-22(12-25(18)21(4)37)31(39)33-15-24-13-28-23(14-32-24)10-11-27(34-28)26-6-5-7-29(35-26)36-16-19(2)30(38)20(3)17-36/h5-14,19-21,30,37-38H,15-17H2,1-4H3,(H,33,39)/t19-,20+,21-,30?/m1/s1. The number of hydrogen-bond donors (Lipinski definition) is 3. The number of aliphatic hydroxyl groups excluding tert-OH is 2. The summed E-state index contributed by atoms with van der Waals surface area (Å²) in [5.74, 6) is 1.01. The second kappa shape index (κ2) is 11.1. The first-order chi connectivity index (χ1) is 18.7. The monoisotopic (exact) mass is 525 g/mol. The lowest BCUT2D eigenvalue weighted by Gasteiger charge is -2.39. The minimum atomic E-state index is -0.643. The fourth-order valence-corrected chi connectivity index (χ4v) is 5.28. The lowest BCUT2D eigenvalue weighted by Crippen LogP contribution is -2.47. The Labute approximate surface area is 228 Å². The summed E-state index contributed by atoms with van der Waals surface area (Å²) in [6.07, 6.45) is 0.824. The van der Waals surface area contributed by atoms with Crippen LogP contribution in [0.1, 0.15) is 54.1 Å². The van der Waals surface area contributed by atoms with Crippen LogP contribution in [-0.2, 0) is 6.54 Å². The molecule has 0 bridgehead atoms. The lowest BCUT2D eigenvalue weighted by atomic mass is 9.88. The van der Waals surface area contributed by atoms with Gasteiger partial charge in [-0.25, -0.2) is 9.97 Å². The minimum absolute atomic E-state index is 0.177. The Morgan fingerprint density at radius 1 is 1.05 bits per heavy atom. The second-order valence-electron chi connectivity index (χ2n) is 10.7. The maximum atomic E-state index is 12.8. The number of benzene rings is 1. The van der Waals surface area contributed by atoms with E-state index in [1.807, 2.05) is 49.4 Å². The zero-order valence-electron chi connectivity index (χ0n) is 22.8. The van der Waals surface area contributed by atoms with E-state index in [-0.39, 0.29) is 30.4 Å². The number of aliphatic hydroxyl groups is 2. The van der Waals surface area contributed by atoms with Gasteiger partial charge in [0, 0.05) is 30.2 Å². The number of rotatable bonds is 6. The molecule has 3 N–H and O–H groups in total. The number of amides is 1. The first kappa shape index (κ1) is 26.7. The molecule has 1 aromatic carbocycles. The second-order valence-corrected chi connectivity index (χ2v) is 10.7. The van der Waals surface area contributed by atoms with Gasteiger partial charge in [-0.15, -0.1) is 0 Å². The third-order valence-electron chi connectivity index (χ3n) is 7.56. The molecule has 3 aromatic heterocycles. The van der Waals surface area contributed by atoms with Crippen LogP contribution in [0.4, 0.5) is 5.82 Å². The van der Waals surface area contributed by atoms with Crippen molar-refractivity contribution in [2.45, 2.75) is 46.4 Å². The Bertz CT molecular complexity index is 1490. The minimum Gasteiger partial charge on any atom is -0.392 e. The van der Waals surface area contributed by atoms with Gasteiger partial charge >= 0.3 is 0 Å². The van der Waals surface area contributed by atoms with Gasteiger partial charge in [0.25, 0.3) is 5.91 Å². The van der Waals surface area contributed by atoms with Crippen molar-refractivity contribution in [3.05, 3.63) is 83.2 Å². The lowest BCUT2D eigenvalue weighted by molar-refractivity contribution is 0.0527. The molecule has 202 valence electrons. The van der Waals surface area contributed by atoms with Gasteiger partial charge in [-0.3, -0.25) is 9.78 Å². The Balaban J connectivity index is 1.33. The number of carbonyl (C=O) groups is 1. The van der Waals surface area contributed by atoms with E-state index in [4.69, 9.17) is 9.97 Å². The van der Waals surface area contributed by atoms with Gasteiger partial charge in [0.1, 0.15) is 5.82 Å². The van der Waals surface area contributed by atoms with Gasteiger partial charge in [0.05, 0.1) is 41.4 Å². The number of hydrogen-bond acceptors (Lipinski definition) is 7. The van der Waals surface area contributed by atoms with Gasteiger partial charge in [-0.05, 0) is 79.3 Å². The molecule has 1 unspecified atom stereocenters. The SMILES string of the molecule is Cc1ccc(C(=O)NCc2cc3nc(-c4cccc(N5C[C@@H](C)C(O)[C@@H](C)C5)n4)ccc3cn2)cc1[C@@H](C)O. The maximum Gasteiger partial charge on any atom is 0.251 e. The summed E-state index contributed by atoms with van der Waals surface area (Å²) in [5, 5.41) is 24.1. The highest BCUT2D eigenvalue weighted by molar-refractivity contribution is 5.94. The Kier molecular flexibility index (Phi) is 7.59. The molecule has 5 rings (SSSR count). The summed E-state index contributed by atoms with van der Waals surface area (Å²) >= 11 is 0. The number of nitrogens with zero attached hydrogens (tertiary/aromatic N) is 4. The van der Waals surface area contributed by atoms with Gasteiger partial charge in [0.15, 0.2) is 0 Å². The Morgan fingerprint density at radius 3 is 2.54 bits per heavy atom. The van der Waals surface area contributed by atoms with E-state index in [9.17, 15) is 15.0 Å². The normalized spacial score (nSPS) is 20.2. The molecule has 1 aliphatic heterocycles. The third-order valence-corrected chi connectivity index (χ3v) is 7.56. The van der Waals surface area contributed by atoms with E-state index in [1.54, 1.807) is 25.3 Å². The van der Waals surface area contributed by atoms with Crippen LogP contribution in [0.2, 0.25) is 0 Å². The average molecular weight is 526 g/mol. The fourth-order valence-electron chi connectivity index (χ4n) is 5.28. The zero-order chi connectivity index (χ0) is 27.7. The number of fused-ring (bicyclic) bond motifs is 1. The molecule has 1 amide bonds. The number of piperidine rings is 1. The average Bonchev–Trinajstić information content (AvgIpc) is 2.94. The van der Waals surface area contributed by atoms with Crippen molar-refractivity contribution in [3.63, 3.8) is 0 Å². The van der Waals surface area contributed by atoms with Crippen LogP contribution in [0.15, 0.2) is 60.8 Å². The molecule has 4 heterocycles. The van der Waals surface area contributed by atoms with Crippen LogP contribution in [0.3, 0.4) is 0 Å². The number of pyridine rings is 3. The Morgan fingerprint density at radius 2 is 1.79 bits per heavy atom. The molecule has 0 saturated carbocycles. The number of anilines is 1. The number of carbonyl (C=O) groups excluding carboxylic acids is 1. The van der Waals surface area contributed by atoms with Gasteiger partial charge in [-0.1, -0.05) is 26.0 Å². The van der Waals surface area contributed by atoms with Crippen molar-refractivity contribution in [2.75, 3.05) is 18.0 Å². The van der Waals surface area contributed by atoms with Crippen LogP contribution in [0.5, 0.6) is 0 Å². The quantitative estimate of drug-likeness (QED) is 0.341. The summed E-state index contributed by atoms with van der Waals surface area (Å²) in [7, 11) is 0.